The van der Waals surface area contributed by atoms with Crippen LogP contribution in [0.15, 0.2) is 53.4 Å². The average Bonchev–Trinajstić information content (AvgIpc) is 3.13. The summed E-state index contributed by atoms with van der Waals surface area (Å²) in [7, 11) is 1.75. The molecule has 0 radical (unpaired) electrons. The van der Waals surface area contributed by atoms with Crippen LogP contribution in [0.3, 0.4) is 0 Å². The zero-order valence-corrected chi connectivity index (χ0v) is 16.3. The van der Waals surface area contributed by atoms with E-state index < -0.39 is 0 Å². The molecule has 0 spiro atoms. The topological polar surface area (TPSA) is 109 Å². The molecular formula is C19H19N7OS. The first kappa shape index (κ1) is 19.4. The number of nitrogens with zero attached hydrogens (tertiary/aromatic N) is 5. The molecule has 1 aromatic heterocycles. The van der Waals surface area contributed by atoms with E-state index in [-0.39, 0.29) is 11.9 Å². The van der Waals surface area contributed by atoms with E-state index in [4.69, 9.17) is 5.26 Å². The summed E-state index contributed by atoms with van der Waals surface area (Å²) in [4.78, 5) is 13.4. The predicted octanol–water partition coefficient (Wildman–Crippen LogP) is 3.77. The maximum absolute atomic E-state index is 12.5. The van der Waals surface area contributed by atoms with Gasteiger partial charge in [-0.1, -0.05) is 24.3 Å². The molecule has 2 N–H and O–H groups in total. The highest BCUT2D eigenvalue weighted by Gasteiger charge is 2.11. The number of anilines is 2. The minimum absolute atomic E-state index is 0.0651. The number of tetrazole rings is 1. The Morgan fingerprint density at radius 1 is 1.25 bits per heavy atom. The Bertz CT molecular complexity index is 1010. The quantitative estimate of drug-likeness (QED) is 0.617. The Morgan fingerprint density at radius 2 is 2.07 bits per heavy atom. The molecule has 9 heteroatoms. The van der Waals surface area contributed by atoms with E-state index in [1.54, 1.807) is 35.6 Å². The van der Waals surface area contributed by atoms with Gasteiger partial charge in [0, 0.05) is 28.9 Å². The van der Waals surface area contributed by atoms with Gasteiger partial charge in [0.05, 0.1) is 17.7 Å². The van der Waals surface area contributed by atoms with Crippen LogP contribution in [-0.2, 0) is 7.05 Å². The number of thioether (sulfide) groups is 1. The van der Waals surface area contributed by atoms with Crippen molar-refractivity contribution in [3.05, 3.63) is 48.5 Å². The number of rotatable bonds is 6. The second kappa shape index (κ2) is 9.01. The minimum Gasteiger partial charge on any atom is -0.308 e. The maximum Gasteiger partial charge on any atom is 0.323 e. The van der Waals surface area contributed by atoms with E-state index in [9.17, 15) is 4.79 Å². The summed E-state index contributed by atoms with van der Waals surface area (Å²) >= 11 is 1.54. The van der Waals surface area contributed by atoms with Crippen LogP contribution in [0.4, 0.5) is 16.2 Å². The van der Waals surface area contributed by atoms with Crippen molar-refractivity contribution in [1.82, 2.24) is 20.2 Å². The van der Waals surface area contributed by atoms with Crippen LogP contribution in [0.2, 0.25) is 0 Å². The summed E-state index contributed by atoms with van der Waals surface area (Å²) in [5.74, 6) is 1.20. The maximum atomic E-state index is 12.5. The molecule has 0 saturated heterocycles. The molecule has 3 aromatic rings. The first-order valence-electron chi connectivity index (χ1n) is 8.59. The van der Waals surface area contributed by atoms with Crippen molar-refractivity contribution in [3.8, 4) is 17.5 Å². The van der Waals surface area contributed by atoms with Gasteiger partial charge in [-0.2, -0.15) is 5.26 Å². The number of hydrogen-bond donors (Lipinski definition) is 2. The van der Waals surface area contributed by atoms with Gasteiger partial charge in [0.15, 0.2) is 5.82 Å². The van der Waals surface area contributed by atoms with Gasteiger partial charge < -0.3 is 10.6 Å². The highest BCUT2D eigenvalue weighted by atomic mass is 32.2. The highest BCUT2D eigenvalue weighted by molar-refractivity contribution is 7.99. The van der Waals surface area contributed by atoms with Gasteiger partial charge in [0.25, 0.3) is 0 Å². The van der Waals surface area contributed by atoms with E-state index in [2.05, 4.69) is 32.2 Å². The third-order valence-electron chi connectivity index (χ3n) is 3.84. The van der Waals surface area contributed by atoms with Crippen molar-refractivity contribution in [3.63, 3.8) is 0 Å². The normalized spacial score (nSPS) is 11.5. The lowest BCUT2D eigenvalue weighted by Gasteiger charge is -2.12. The molecule has 1 atom stereocenters. The van der Waals surface area contributed by atoms with Crippen LogP contribution in [0, 0.1) is 17.2 Å². The molecule has 0 unspecified atom stereocenters. The third kappa shape index (κ3) is 4.86. The van der Waals surface area contributed by atoms with E-state index >= 15 is 0 Å². The van der Waals surface area contributed by atoms with Crippen molar-refractivity contribution in [1.29, 1.82) is 5.26 Å². The minimum atomic E-state index is -0.352. The summed E-state index contributed by atoms with van der Waals surface area (Å²) in [6.07, 6.45) is 0. The standard InChI is InChI=1S/C19H19N7OS/c1-13(11-20)12-28-17-9-4-3-8-16(17)22-19(27)21-15-7-5-6-14(10-15)18-23-24-25-26(18)2/h3-10,13H,12H2,1-2H3,(H2,21,22,27)/t13-/m0/s1. The molecule has 0 aliphatic carbocycles. The second-order valence-corrected chi connectivity index (χ2v) is 7.19. The Balaban J connectivity index is 1.68. The summed E-state index contributed by atoms with van der Waals surface area (Å²) in [5.41, 5.74) is 2.12. The third-order valence-corrected chi connectivity index (χ3v) is 5.18. The molecular weight excluding hydrogens is 374 g/mol. The van der Waals surface area contributed by atoms with Gasteiger partial charge in [-0.15, -0.1) is 16.9 Å². The number of hydrogen-bond acceptors (Lipinski definition) is 6. The van der Waals surface area contributed by atoms with Crippen LogP contribution in [0.5, 0.6) is 0 Å². The molecule has 28 heavy (non-hydrogen) atoms. The molecule has 2 aromatic carbocycles. The largest absolute Gasteiger partial charge is 0.323 e. The van der Waals surface area contributed by atoms with Gasteiger partial charge in [0.2, 0.25) is 0 Å². The molecule has 142 valence electrons. The van der Waals surface area contributed by atoms with Crippen molar-refractivity contribution < 1.29 is 4.79 Å². The highest BCUT2D eigenvalue weighted by Crippen LogP contribution is 2.28. The van der Waals surface area contributed by atoms with Crippen molar-refractivity contribution in [2.24, 2.45) is 13.0 Å². The van der Waals surface area contributed by atoms with E-state index in [0.29, 0.717) is 23.0 Å². The molecule has 0 saturated carbocycles. The lowest BCUT2D eigenvalue weighted by Crippen LogP contribution is -2.19. The van der Waals surface area contributed by atoms with Crippen molar-refractivity contribution >= 4 is 29.2 Å². The Kier molecular flexibility index (Phi) is 6.24. The predicted molar refractivity (Wildman–Crippen MR) is 109 cm³/mol. The summed E-state index contributed by atoms with van der Waals surface area (Å²) in [5, 5.41) is 26.1. The molecule has 3 rings (SSSR count). The number of amides is 2. The fraction of sp³-hybridized carbons (Fsp3) is 0.211. The van der Waals surface area contributed by atoms with Crippen LogP contribution < -0.4 is 10.6 Å². The van der Waals surface area contributed by atoms with E-state index in [1.165, 1.54) is 0 Å². The van der Waals surface area contributed by atoms with Crippen LogP contribution in [0.1, 0.15) is 6.92 Å². The van der Waals surface area contributed by atoms with E-state index in [0.717, 1.165) is 10.5 Å². The number of nitrogens with one attached hydrogen (secondary N) is 2. The number of para-hydroxylation sites is 1. The number of carbonyl (C=O) groups excluding carboxylic acids is 1. The van der Waals surface area contributed by atoms with E-state index in [1.807, 2.05) is 43.3 Å². The zero-order valence-electron chi connectivity index (χ0n) is 15.5. The summed E-state index contributed by atoms with van der Waals surface area (Å²) in [6, 6.07) is 16.7. The lowest BCUT2D eigenvalue weighted by molar-refractivity contribution is 0.262. The first-order chi connectivity index (χ1) is 13.6. The summed E-state index contributed by atoms with van der Waals surface area (Å²) < 4.78 is 1.56. The van der Waals surface area contributed by atoms with Crippen LogP contribution >= 0.6 is 11.8 Å². The monoisotopic (exact) mass is 393 g/mol. The first-order valence-corrected chi connectivity index (χ1v) is 9.57. The number of urea groups is 1. The average molecular weight is 393 g/mol. The van der Waals surface area contributed by atoms with Crippen LogP contribution in [0.25, 0.3) is 11.4 Å². The van der Waals surface area contributed by atoms with Crippen LogP contribution in [-0.4, -0.2) is 32.0 Å². The van der Waals surface area contributed by atoms with Gasteiger partial charge in [-0.25, -0.2) is 9.48 Å². The zero-order chi connectivity index (χ0) is 19.9. The molecule has 0 aliphatic rings. The number of aromatic nitrogens is 4. The lowest BCUT2D eigenvalue weighted by atomic mass is 10.2. The molecule has 0 fully saturated rings. The van der Waals surface area contributed by atoms with Gasteiger partial charge in [-0.05, 0) is 41.6 Å². The Morgan fingerprint density at radius 3 is 2.82 bits per heavy atom. The van der Waals surface area contributed by atoms with Crippen molar-refractivity contribution in [2.75, 3.05) is 16.4 Å². The summed E-state index contributed by atoms with van der Waals surface area (Å²) in [6.45, 7) is 1.87. The van der Waals surface area contributed by atoms with Crippen molar-refractivity contribution in [2.45, 2.75) is 11.8 Å². The smallest absolute Gasteiger partial charge is 0.308 e. The Hall–Kier alpha value is -3.38. The SMILES string of the molecule is C[C@@H](C#N)CSc1ccccc1NC(=O)Nc1cccc(-c2nnnn2C)c1. The molecule has 0 aliphatic heterocycles. The molecule has 0 bridgehead atoms. The Labute approximate surface area is 166 Å². The van der Waals surface area contributed by atoms with Gasteiger partial charge >= 0.3 is 6.03 Å². The number of carbonyl (C=O) groups is 1. The molecule has 1 heterocycles. The molecule has 2 amide bonds. The molecule has 8 nitrogen and oxygen atoms in total. The van der Waals surface area contributed by atoms with Gasteiger partial charge in [0.1, 0.15) is 0 Å². The second-order valence-electron chi connectivity index (χ2n) is 6.12. The van der Waals surface area contributed by atoms with Gasteiger partial charge in [-0.3, -0.25) is 0 Å². The number of nitriles is 1. The fourth-order valence-corrected chi connectivity index (χ4v) is 3.40. The number of aryl methyl sites for hydroxylation is 1. The fourth-order valence-electron chi connectivity index (χ4n) is 2.44. The number of benzene rings is 2.